The van der Waals surface area contributed by atoms with E-state index in [1.165, 1.54) is 5.56 Å². The van der Waals surface area contributed by atoms with Gasteiger partial charge in [0.1, 0.15) is 0 Å². The Bertz CT molecular complexity index is 670. The van der Waals surface area contributed by atoms with Crippen molar-refractivity contribution in [3.63, 3.8) is 0 Å². The standard InChI is InChI=1S/C15H13Br2N3/c16-11-5-3-4-10(8-11)14-9-19-15(18)20(14)13-7-2-1-6-12(13)17/h1-8,14H,9H2,(H2,18,19). The Morgan fingerprint density at radius 3 is 2.65 bits per heavy atom. The molecule has 0 saturated heterocycles. The molecule has 1 aliphatic heterocycles. The van der Waals surface area contributed by atoms with Gasteiger partial charge in [-0.3, -0.25) is 4.99 Å². The van der Waals surface area contributed by atoms with Gasteiger partial charge in [-0.05, 0) is 45.8 Å². The Hall–Kier alpha value is -1.33. The number of rotatable bonds is 2. The van der Waals surface area contributed by atoms with Gasteiger partial charge in [0.15, 0.2) is 5.96 Å². The van der Waals surface area contributed by atoms with Crippen LogP contribution in [0.3, 0.4) is 0 Å². The maximum atomic E-state index is 6.09. The molecule has 1 atom stereocenters. The van der Waals surface area contributed by atoms with Crippen LogP contribution < -0.4 is 10.6 Å². The summed E-state index contributed by atoms with van der Waals surface area (Å²) < 4.78 is 2.08. The summed E-state index contributed by atoms with van der Waals surface area (Å²) in [5.74, 6) is 0.557. The normalized spacial score (nSPS) is 18.2. The SMILES string of the molecule is NC1=NCC(c2cccc(Br)c2)N1c1ccccc1Br. The Kier molecular flexibility index (Phi) is 3.81. The lowest BCUT2D eigenvalue weighted by molar-refractivity contribution is 0.767. The van der Waals surface area contributed by atoms with E-state index in [2.05, 4.69) is 53.9 Å². The van der Waals surface area contributed by atoms with Crippen LogP contribution in [0.4, 0.5) is 5.69 Å². The van der Waals surface area contributed by atoms with Crippen molar-refractivity contribution in [2.75, 3.05) is 11.4 Å². The molecule has 1 unspecified atom stereocenters. The number of hydrogen-bond acceptors (Lipinski definition) is 3. The van der Waals surface area contributed by atoms with Crippen molar-refractivity contribution in [1.82, 2.24) is 0 Å². The molecule has 0 saturated carbocycles. The molecule has 5 heteroatoms. The van der Waals surface area contributed by atoms with Crippen molar-refractivity contribution in [2.24, 2.45) is 10.7 Å². The van der Waals surface area contributed by atoms with E-state index in [0.717, 1.165) is 14.6 Å². The van der Waals surface area contributed by atoms with Crippen LogP contribution >= 0.6 is 31.9 Å². The molecule has 2 aromatic carbocycles. The minimum Gasteiger partial charge on any atom is -0.369 e. The molecule has 1 aliphatic rings. The third kappa shape index (κ3) is 2.47. The summed E-state index contributed by atoms with van der Waals surface area (Å²) in [7, 11) is 0. The zero-order chi connectivity index (χ0) is 14.1. The number of hydrogen-bond donors (Lipinski definition) is 1. The van der Waals surface area contributed by atoms with Crippen LogP contribution in [-0.4, -0.2) is 12.5 Å². The quantitative estimate of drug-likeness (QED) is 0.833. The highest BCUT2D eigenvalue weighted by Gasteiger charge is 2.29. The molecule has 1 heterocycles. The predicted molar refractivity (Wildman–Crippen MR) is 90.0 cm³/mol. The van der Waals surface area contributed by atoms with E-state index in [9.17, 15) is 0 Å². The zero-order valence-corrected chi connectivity index (χ0v) is 13.8. The molecule has 2 aromatic rings. The van der Waals surface area contributed by atoms with Crippen molar-refractivity contribution in [2.45, 2.75) is 6.04 Å². The average Bonchev–Trinajstić information content (AvgIpc) is 2.81. The van der Waals surface area contributed by atoms with Gasteiger partial charge in [0, 0.05) is 8.95 Å². The molecule has 3 nitrogen and oxygen atoms in total. The van der Waals surface area contributed by atoms with Gasteiger partial charge in [-0.2, -0.15) is 0 Å². The second-order valence-electron chi connectivity index (χ2n) is 4.59. The van der Waals surface area contributed by atoms with Crippen molar-refractivity contribution < 1.29 is 0 Å². The number of nitrogens with zero attached hydrogens (tertiary/aromatic N) is 2. The van der Waals surface area contributed by atoms with Gasteiger partial charge in [-0.1, -0.05) is 40.2 Å². The fourth-order valence-electron chi connectivity index (χ4n) is 2.40. The molecular formula is C15H13Br2N3. The lowest BCUT2D eigenvalue weighted by Gasteiger charge is -2.27. The molecule has 0 fully saturated rings. The number of aliphatic imine (C=N–C) groups is 1. The summed E-state index contributed by atoms with van der Waals surface area (Å²) in [6.45, 7) is 0.670. The molecule has 0 spiro atoms. The van der Waals surface area contributed by atoms with Gasteiger partial charge in [-0.15, -0.1) is 0 Å². The second kappa shape index (κ2) is 5.58. The first-order valence-electron chi connectivity index (χ1n) is 6.26. The van der Waals surface area contributed by atoms with E-state index in [1.54, 1.807) is 0 Å². The van der Waals surface area contributed by atoms with Gasteiger partial charge >= 0.3 is 0 Å². The summed E-state index contributed by atoms with van der Waals surface area (Å²) in [4.78, 5) is 6.48. The fraction of sp³-hybridized carbons (Fsp3) is 0.133. The van der Waals surface area contributed by atoms with Gasteiger partial charge in [0.05, 0.1) is 18.3 Å². The van der Waals surface area contributed by atoms with E-state index in [-0.39, 0.29) is 6.04 Å². The molecule has 0 amide bonds. The lowest BCUT2D eigenvalue weighted by Crippen LogP contribution is -2.36. The zero-order valence-electron chi connectivity index (χ0n) is 10.6. The molecule has 20 heavy (non-hydrogen) atoms. The maximum Gasteiger partial charge on any atom is 0.196 e. The number of guanidine groups is 1. The molecule has 3 rings (SSSR count). The predicted octanol–water partition coefficient (Wildman–Crippen LogP) is 4.09. The topological polar surface area (TPSA) is 41.6 Å². The Labute approximate surface area is 134 Å². The summed E-state index contributed by atoms with van der Waals surface area (Å²) in [5.41, 5.74) is 8.32. The van der Waals surface area contributed by atoms with E-state index in [1.807, 2.05) is 36.4 Å². The van der Waals surface area contributed by atoms with Gasteiger partial charge in [0.25, 0.3) is 0 Å². The highest BCUT2D eigenvalue weighted by molar-refractivity contribution is 9.10. The van der Waals surface area contributed by atoms with Crippen molar-refractivity contribution in [1.29, 1.82) is 0 Å². The largest absolute Gasteiger partial charge is 0.369 e. The fourth-order valence-corrected chi connectivity index (χ4v) is 3.30. The van der Waals surface area contributed by atoms with Crippen LogP contribution in [0.2, 0.25) is 0 Å². The summed E-state index contributed by atoms with van der Waals surface area (Å²) in [5, 5.41) is 0. The summed E-state index contributed by atoms with van der Waals surface area (Å²) in [6, 6.07) is 16.5. The smallest absolute Gasteiger partial charge is 0.196 e. The third-order valence-corrected chi connectivity index (χ3v) is 4.49. The summed E-state index contributed by atoms with van der Waals surface area (Å²) in [6.07, 6.45) is 0. The highest BCUT2D eigenvalue weighted by Crippen LogP contribution is 2.36. The molecule has 0 radical (unpaired) electrons. The number of para-hydroxylation sites is 1. The van der Waals surface area contributed by atoms with Crippen LogP contribution in [0.5, 0.6) is 0 Å². The highest BCUT2D eigenvalue weighted by atomic mass is 79.9. The molecule has 0 aliphatic carbocycles. The van der Waals surface area contributed by atoms with Gasteiger partial charge in [0.2, 0.25) is 0 Å². The minimum absolute atomic E-state index is 0.131. The van der Waals surface area contributed by atoms with E-state index >= 15 is 0 Å². The first kappa shape index (κ1) is 13.6. The number of halogens is 2. The number of anilines is 1. The van der Waals surface area contributed by atoms with Crippen LogP contribution in [-0.2, 0) is 0 Å². The lowest BCUT2D eigenvalue weighted by atomic mass is 10.1. The Morgan fingerprint density at radius 1 is 1.10 bits per heavy atom. The van der Waals surface area contributed by atoms with E-state index in [4.69, 9.17) is 5.73 Å². The average molecular weight is 395 g/mol. The number of nitrogens with two attached hydrogens (primary N) is 1. The Morgan fingerprint density at radius 2 is 1.90 bits per heavy atom. The molecule has 0 bridgehead atoms. The van der Waals surface area contributed by atoms with E-state index < -0.39 is 0 Å². The van der Waals surface area contributed by atoms with Gasteiger partial charge < -0.3 is 10.6 Å². The Balaban J connectivity index is 2.03. The molecule has 102 valence electrons. The van der Waals surface area contributed by atoms with Crippen molar-refractivity contribution in [3.05, 3.63) is 63.0 Å². The molecular weight excluding hydrogens is 382 g/mol. The van der Waals surface area contributed by atoms with Crippen LogP contribution in [0, 0.1) is 0 Å². The van der Waals surface area contributed by atoms with Crippen LogP contribution in [0.25, 0.3) is 0 Å². The first-order valence-corrected chi connectivity index (χ1v) is 7.84. The third-order valence-electron chi connectivity index (χ3n) is 3.33. The van der Waals surface area contributed by atoms with E-state index in [0.29, 0.717) is 12.5 Å². The minimum atomic E-state index is 0.131. The van der Waals surface area contributed by atoms with Crippen LogP contribution in [0.15, 0.2) is 62.5 Å². The molecule has 0 aromatic heterocycles. The second-order valence-corrected chi connectivity index (χ2v) is 6.36. The maximum absolute atomic E-state index is 6.09. The monoisotopic (exact) mass is 393 g/mol. The van der Waals surface area contributed by atoms with Gasteiger partial charge in [-0.25, -0.2) is 0 Å². The first-order chi connectivity index (χ1) is 9.66. The van der Waals surface area contributed by atoms with Crippen molar-refractivity contribution in [3.8, 4) is 0 Å². The molecule has 2 N–H and O–H groups in total. The van der Waals surface area contributed by atoms with Crippen molar-refractivity contribution >= 4 is 43.5 Å². The summed E-state index contributed by atoms with van der Waals surface area (Å²) >= 11 is 7.11. The number of benzene rings is 2. The van der Waals surface area contributed by atoms with Crippen LogP contribution in [0.1, 0.15) is 11.6 Å².